The summed E-state index contributed by atoms with van der Waals surface area (Å²) >= 11 is 7.74. The normalized spacial score (nSPS) is 20.1. The fourth-order valence-corrected chi connectivity index (χ4v) is 5.65. The van der Waals surface area contributed by atoms with E-state index < -0.39 is 15.2 Å². The van der Waals surface area contributed by atoms with E-state index in [0.29, 0.717) is 11.6 Å². The minimum absolute atomic E-state index is 0.177. The van der Waals surface area contributed by atoms with Gasteiger partial charge in [-0.25, -0.2) is 8.42 Å². The van der Waals surface area contributed by atoms with Crippen LogP contribution >= 0.6 is 23.4 Å². The first-order valence-corrected chi connectivity index (χ1v) is 10.1. The number of sulfone groups is 1. The van der Waals surface area contributed by atoms with Crippen LogP contribution in [0, 0.1) is 6.92 Å². The molecule has 0 bridgehead atoms. The molecule has 0 aromatic heterocycles. The first-order valence-electron chi connectivity index (χ1n) is 6.71. The molecule has 20 heavy (non-hydrogen) atoms. The van der Waals surface area contributed by atoms with Gasteiger partial charge in [-0.15, -0.1) is 11.6 Å². The minimum Gasteiger partial charge on any atom is -0.353 e. The second-order valence-electron chi connectivity index (χ2n) is 4.94. The predicted molar refractivity (Wildman–Crippen MR) is 88.7 cm³/mol. The molecule has 1 aromatic rings. The molecule has 0 saturated carbocycles. The molecule has 112 valence electrons. The van der Waals surface area contributed by atoms with E-state index in [4.69, 9.17) is 11.6 Å². The molecule has 2 rings (SSSR count). The van der Waals surface area contributed by atoms with E-state index in [-0.39, 0.29) is 5.75 Å². The molecule has 0 amide bonds. The summed E-state index contributed by atoms with van der Waals surface area (Å²) < 4.78 is 24.6. The van der Waals surface area contributed by atoms with Crippen LogP contribution < -0.4 is 4.90 Å². The van der Waals surface area contributed by atoms with Crippen LogP contribution in [0.1, 0.15) is 18.1 Å². The number of thioether (sulfide) groups is 1. The summed E-state index contributed by atoms with van der Waals surface area (Å²) in [6.07, 6.45) is 0. The maximum absolute atomic E-state index is 12.3. The van der Waals surface area contributed by atoms with Crippen molar-refractivity contribution in [3.05, 3.63) is 29.3 Å². The summed E-state index contributed by atoms with van der Waals surface area (Å²) in [6.45, 7) is 4.48. The Kier molecular flexibility index (Phi) is 5.26. The lowest BCUT2D eigenvalue weighted by molar-refractivity contribution is 0.579. The van der Waals surface area contributed by atoms with Gasteiger partial charge in [-0.3, -0.25) is 0 Å². The van der Waals surface area contributed by atoms with Gasteiger partial charge in [0.25, 0.3) is 0 Å². The Bertz CT molecular complexity index is 575. The molecule has 0 spiro atoms. The van der Waals surface area contributed by atoms with E-state index >= 15 is 0 Å². The van der Waals surface area contributed by atoms with Gasteiger partial charge in [0.2, 0.25) is 0 Å². The summed E-state index contributed by atoms with van der Waals surface area (Å²) in [5.41, 5.74) is 3.12. The quantitative estimate of drug-likeness (QED) is 0.794. The van der Waals surface area contributed by atoms with Gasteiger partial charge >= 0.3 is 0 Å². The Hall–Kier alpha value is -0.390. The highest BCUT2D eigenvalue weighted by atomic mass is 35.5. The number of anilines is 1. The summed E-state index contributed by atoms with van der Waals surface area (Å²) in [4.78, 5) is 2.02. The van der Waals surface area contributed by atoms with Gasteiger partial charge in [0.15, 0.2) is 9.84 Å². The van der Waals surface area contributed by atoms with Gasteiger partial charge < -0.3 is 4.90 Å². The maximum Gasteiger partial charge on any atom is 0.171 e. The Labute approximate surface area is 130 Å². The van der Waals surface area contributed by atoms with Crippen LogP contribution in [0.15, 0.2) is 18.2 Å². The molecule has 0 N–H and O–H groups in total. The third-order valence-electron chi connectivity index (χ3n) is 3.59. The van der Waals surface area contributed by atoms with Crippen LogP contribution in [0.4, 0.5) is 5.69 Å². The van der Waals surface area contributed by atoms with Gasteiger partial charge in [0, 0.05) is 35.4 Å². The number of rotatable bonds is 4. The molecule has 1 aliphatic heterocycles. The lowest BCUT2D eigenvalue weighted by Crippen LogP contribution is -2.48. The molecule has 3 nitrogen and oxygen atoms in total. The molecule has 1 unspecified atom stereocenters. The Morgan fingerprint density at radius 1 is 1.45 bits per heavy atom. The SMILES string of the molecule is CCS(=O)(=O)C1CSCCN1c1ccc(C)cc1CCl. The molecule has 1 saturated heterocycles. The van der Waals surface area contributed by atoms with Gasteiger partial charge in [-0.2, -0.15) is 11.8 Å². The van der Waals surface area contributed by atoms with Gasteiger partial charge in [-0.05, 0) is 18.6 Å². The number of nitrogens with zero attached hydrogens (tertiary/aromatic N) is 1. The van der Waals surface area contributed by atoms with Crippen molar-refractivity contribution in [1.29, 1.82) is 0 Å². The van der Waals surface area contributed by atoms with Crippen LogP contribution in [0.2, 0.25) is 0 Å². The zero-order valence-corrected chi connectivity index (χ0v) is 14.2. The van der Waals surface area contributed by atoms with Gasteiger partial charge in [0.1, 0.15) is 5.37 Å². The van der Waals surface area contributed by atoms with Gasteiger partial charge in [0.05, 0.1) is 0 Å². The second kappa shape index (κ2) is 6.58. The van der Waals surface area contributed by atoms with Crippen LogP contribution in [0.5, 0.6) is 0 Å². The van der Waals surface area contributed by atoms with Crippen LogP contribution in [0.3, 0.4) is 0 Å². The molecule has 1 aromatic carbocycles. The molecule has 1 aliphatic rings. The lowest BCUT2D eigenvalue weighted by atomic mass is 10.1. The highest BCUT2D eigenvalue weighted by molar-refractivity contribution is 8.01. The van der Waals surface area contributed by atoms with Crippen LogP contribution in [-0.2, 0) is 15.7 Å². The Morgan fingerprint density at radius 2 is 2.20 bits per heavy atom. The Morgan fingerprint density at radius 3 is 2.85 bits per heavy atom. The fraction of sp³-hybridized carbons (Fsp3) is 0.571. The largest absolute Gasteiger partial charge is 0.353 e. The molecule has 1 heterocycles. The smallest absolute Gasteiger partial charge is 0.171 e. The van der Waals surface area contributed by atoms with E-state index in [1.54, 1.807) is 18.7 Å². The number of benzene rings is 1. The number of alkyl halides is 1. The summed E-state index contributed by atoms with van der Waals surface area (Å²) in [6, 6.07) is 6.06. The minimum atomic E-state index is -3.09. The van der Waals surface area contributed by atoms with Crippen LogP contribution in [0.25, 0.3) is 0 Å². The Balaban J connectivity index is 2.43. The lowest BCUT2D eigenvalue weighted by Gasteiger charge is -2.37. The van der Waals surface area contributed by atoms with E-state index in [9.17, 15) is 8.42 Å². The van der Waals surface area contributed by atoms with E-state index in [1.165, 1.54) is 0 Å². The average Bonchev–Trinajstić information content (AvgIpc) is 2.47. The highest BCUT2D eigenvalue weighted by Crippen LogP contribution is 2.31. The average molecular weight is 334 g/mol. The summed E-state index contributed by atoms with van der Waals surface area (Å²) in [5.74, 6) is 2.16. The van der Waals surface area contributed by atoms with Crippen molar-refractivity contribution in [3.63, 3.8) is 0 Å². The number of halogens is 1. The highest BCUT2D eigenvalue weighted by Gasteiger charge is 2.33. The topological polar surface area (TPSA) is 37.4 Å². The van der Waals surface area contributed by atoms with Crippen molar-refractivity contribution in [2.75, 3.05) is 28.7 Å². The van der Waals surface area contributed by atoms with Crippen molar-refractivity contribution in [2.24, 2.45) is 0 Å². The first-order chi connectivity index (χ1) is 9.49. The monoisotopic (exact) mass is 333 g/mol. The molecule has 1 fully saturated rings. The zero-order valence-electron chi connectivity index (χ0n) is 11.8. The van der Waals surface area contributed by atoms with Crippen molar-refractivity contribution in [3.8, 4) is 0 Å². The van der Waals surface area contributed by atoms with Gasteiger partial charge in [-0.1, -0.05) is 24.6 Å². The zero-order chi connectivity index (χ0) is 14.8. The third-order valence-corrected chi connectivity index (χ3v) is 7.17. The maximum atomic E-state index is 12.3. The predicted octanol–water partition coefficient (Wildman–Crippen LogP) is 3.05. The number of hydrogen-bond donors (Lipinski definition) is 0. The number of aryl methyl sites for hydroxylation is 1. The summed E-state index contributed by atoms with van der Waals surface area (Å²) in [7, 11) is -3.09. The molecular weight excluding hydrogens is 314 g/mol. The van der Waals surface area contributed by atoms with E-state index in [2.05, 4.69) is 0 Å². The van der Waals surface area contributed by atoms with Crippen molar-refractivity contribution >= 4 is 38.9 Å². The molecule has 0 radical (unpaired) electrons. The number of hydrogen-bond acceptors (Lipinski definition) is 4. The third kappa shape index (κ3) is 3.26. The van der Waals surface area contributed by atoms with Crippen molar-refractivity contribution in [2.45, 2.75) is 25.1 Å². The van der Waals surface area contributed by atoms with Crippen molar-refractivity contribution < 1.29 is 8.42 Å². The standard InChI is InChI=1S/C14H20ClNO2S2/c1-3-20(17,18)14-10-19-7-6-16(14)13-5-4-11(2)8-12(13)9-15/h4-5,8,14H,3,6-7,9-10H2,1-2H3. The van der Waals surface area contributed by atoms with Crippen molar-refractivity contribution in [1.82, 2.24) is 0 Å². The fourth-order valence-electron chi connectivity index (χ4n) is 2.45. The first kappa shape index (κ1) is 16.0. The molecular formula is C14H20ClNO2S2. The molecule has 1 atom stereocenters. The van der Waals surface area contributed by atoms with E-state index in [1.807, 2.05) is 30.0 Å². The van der Waals surface area contributed by atoms with E-state index in [0.717, 1.165) is 29.1 Å². The molecule has 6 heteroatoms. The second-order valence-corrected chi connectivity index (χ2v) is 8.80. The molecule has 0 aliphatic carbocycles. The van der Waals surface area contributed by atoms with Crippen LogP contribution in [-0.4, -0.2) is 37.6 Å². The summed E-state index contributed by atoms with van der Waals surface area (Å²) in [5, 5.41) is -0.434.